The van der Waals surface area contributed by atoms with Crippen molar-refractivity contribution in [2.45, 2.75) is 38.9 Å². The molecule has 0 aliphatic carbocycles. The monoisotopic (exact) mass is 358 g/mol. The van der Waals surface area contributed by atoms with E-state index < -0.39 is 6.04 Å². The summed E-state index contributed by atoms with van der Waals surface area (Å²) in [6.45, 7) is 3.40. The summed E-state index contributed by atoms with van der Waals surface area (Å²) >= 11 is 1.56. The molecule has 1 aliphatic heterocycles. The van der Waals surface area contributed by atoms with Gasteiger partial charge in [0.15, 0.2) is 0 Å². The van der Waals surface area contributed by atoms with Gasteiger partial charge in [-0.2, -0.15) is 0 Å². The molecule has 3 amide bonds. The van der Waals surface area contributed by atoms with E-state index in [0.29, 0.717) is 26.1 Å². The van der Waals surface area contributed by atoms with Crippen LogP contribution in [-0.4, -0.2) is 34.4 Å². The predicted molar refractivity (Wildman–Crippen MR) is 97.1 cm³/mol. The van der Waals surface area contributed by atoms with E-state index in [4.69, 9.17) is 0 Å². The van der Waals surface area contributed by atoms with Crippen LogP contribution in [-0.2, 0) is 17.9 Å². The molecule has 2 heterocycles. The fraction of sp³-hybridized carbons (Fsp3) is 0.389. The summed E-state index contributed by atoms with van der Waals surface area (Å²) in [5.74, 6) is -0.113. The van der Waals surface area contributed by atoms with E-state index in [9.17, 15) is 9.59 Å². The SMILES string of the molecule is Cc1nc(CNC(=O)C2CCCN2C(=O)NCc2ccccc2)cs1. The maximum absolute atomic E-state index is 12.5. The van der Waals surface area contributed by atoms with Gasteiger partial charge in [0.1, 0.15) is 6.04 Å². The molecule has 132 valence electrons. The number of hydrogen-bond acceptors (Lipinski definition) is 4. The van der Waals surface area contributed by atoms with E-state index in [2.05, 4.69) is 15.6 Å². The zero-order chi connectivity index (χ0) is 17.6. The highest BCUT2D eigenvalue weighted by Gasteiger charge is 2.33. The molecule has 0 spiro atoms. The normalized spacial score (nSPS) is 16.7. The Hall–Kier alpha value is -2.41. The van der Waals surface area contributed by atoms with Crippen molar-refractivity contribution in [1.29, 1.82) is 0 Å². The van der Waals surface area contributed by atoms with Gasteiger partial charge in [0.05, 0.1) is 17.2 Å². The van der Waals surface area contributed by atoms with Crippen molar-refractivity contribution in [2.24, 2.45) is 0 Å². The lowest BCUT2D eigenvalue weighted by Gasteiger charge is -2.24. The molecule has 1 saturated heterocycles. The van der Waals surface area contributed by atoms with E-state index in [1.54, 1.807) is 16.2 Å². The number of rotatable bonds is 5. The van der Waals surface area contributed by atoms with Crippen molar-refractivity contribution in [2.75, 3.05) is 6.54 Å². The molecule has 25 heavy (non-hydrogen) atoms. The average molecular weight is 358 g/mol. The zero-order valence-electron chi connectivity index (χ0n) is 14.2. The van der Waals surface area contributed by atoms with E-state index in [1.807, 2.05) is 42.6 Å². The first kappa shape index (κ1) is 17.4. The van der Waals surface area contributed by atoms with Gasteiger partial charge in [0.25, 0.3) is 0 Å². The molecule has 1 aromatic carbocycles. The number of aromatic nitrogens is 1. The summed E-state index contributed by atoms with van der Waals surface area (Å²) in [7, 11) is 0. The highest BCUT2D eigenvalue weighted by atomic mass is 32.1. The third-order valence-corrected chi connectivity index (χ3v) is 5.04. The van der Waals surface area contributed by atoms with Crippen LogP contribution in [0.1, 0.15) is 29.1 Å². The molecule has 1 aromatic heterocycles. The first-order valence-corrected chi connectivity index (χ1v) is 9.28. The zero-order valence-corrected chi connectivity index (χ0v) is 15.0. The minimum Gasteiger partial charge on any atom is -0.349 e. The molecular formula is C18H22N4O2S. The molecular weight excluding hydrogens is 336 g/mol. The topological polar surface area (TPSA) is 74.3 Å². The molecule has 1 atom stereocenters. The molecule has 1 unspecified atom stereocenters. The molecule has 0 saturated carbocycles. The van der Waals surface area contributed by atoms with Crippen molar-refractivity contribution in [3.8, 4) is 0 Å². The molecule has 7 heteroatoms. The van der Waals surface area contributed by atoms with Gasteiger partial charge in [-0.1, -0.05) is 30.3 Å². The lowest BCUT2D eigenvalue weighted by Crippen LogP contribution is -2.49. The van der Waals surface area contributed by atoms with Gasteiger partial charge < -0.3 is 15.5 Å². The Bertz CT molecular complexity index is 732. The number of benzene rings is 1. The van der Waals surface area contributed by atoms with Gasteiger partial charge in [0.2, 0.25) is 5.91 Å². The molecule has 2 N–H and O–H groups in total. The molecule has 2 aromatic rings. The summed E-state index contributed by atoms with van der Waals surface area (Å²) in [6.07, 6.45) is 1.54. The van der Waals surface area contributed by atoms with Crippen LogP contribution < -0.4 is 10.6 Å². The summed E-state index contributed by atoms with van der Waals surface area (Å²) < 4.78 is 0. The van der Waals surface area contributed by atoms with Crippen LogP contribution in [0.3, 0.4) is 0 Å². The Morgan fingerprint density at radius 1 is 1.24 bits per heavy atom. The van der Waals surface area contributed by atoms with Crippen LogP contribution in [0.15, 0.2) is 35.7 Å². The maximum Gasteiger partial charge on any atom is 0.318 e. The van der Waals surface area contributed by atoms with Crippen molar-refractivity contribution in [1.82, 2.24) is 20.5 Å². The van der Waals surface area contributed by atoms with Gasteiger partial charge in [-0.15, -0.1) is 11.3 Å². The summed E-state index contributed by atoms with van der Waals surface area (Å²) in [5.41, 5.74) is 1.89. The highest BCUT2D eigenvalue weighted by Crippen LogP contribution is 2.18. The smallest absolute Gasteiger partial charge is 0.318 e. The number of carbonyl (C=O) groups excluding carboxylic acids is 2. The average Bonchev–Trinajstić information content (AvgIpc) is 3.27. The van der Waals surface area contributed by atoms with Gasteiger partial charge in [-0.25, -0.2) is 9.78 Å². The summed E-state index contributed by atoms with van der Waals surface area (Å²) in [4.78, 5) is 30.9. The second-order valence-electron chi connectivity index (χ2n) is 6.07. The Morgan fingerprint density at radius 3 is 2.76 bits per heavy atom. The minimum atomic E-state index is -0.407. The lowest BCUT2D eigenvalue weighted by molar-refractivity contribution is -0.124. The van der Waals surface area contributed by atoms with Gasteiger partial charge in [-0.05, 0) is 25.3 Å². The Balaban J connectivity index is 1.52. The number of urea groups is 1. The Labute approximate surface area is 151 Å². The van der Waals surface area contributed by atoms with Crippen molar-refractivity contribution >= 4 is 23.3 Å². The quantitative estimate of drug-likeness (QED) is 0.862. The molecule has 0 radical (unpaired) electrons. The van der Waals surface area contributed by atoms with Crippen LogP contribution >= 0.6 is 11.3 Å². The number of thiazole rings is 1. The third kappa shape index (κ3) is 4.57. The number of nitrogens with one attached hydrogen (secondary N) is 2. The van der Waals surface area contributed by atoms with Crippen LogP contribution in [0.2, 0.25) is 0 Å². The van der Waals surface area contributed by atoms with Gasteiger partial charge in [0, 0.05) is 18.5 Å². The number of likely N-dealkylation sites (tertiary alicyclic amines) is 1. The second kappa shape index (κ2) is 8.11. The fourth-order valence-electron chi connectivity index (χ4n) is 2.94. The summed E-state index contributed by atoms with van der Waals surface area (Å²) in [6, 6.07) is 9.15. The molecule has 0 bridgehead atoms. The lowest BCUT2D eigenvalue weighted by atomic mass is 10.2. The standard InChI is InChI=1S/C18H22N4O2S/c1-13-21-15(12-25-13)11-19-17(23)16-8-5-9-22(16)18(24)20-10-14-6-3-2-4-7-14/h2-4,6-7,12,16H,5,8-11H2,1H3,(H,19,23)(H,20,24). The second-order valence-corrected chi connectivity index (χ2v) is 7.13. The fourth-order valence-corrected chi connectivity index (χ4v) is 3.55. The number of aryl methyl sites for hydroxylation is 1. The first-order chi connectivity index (χ1) is 12.1. The number of amides is 3. The number of carbonyl (C=O) groups is 2. The van der Waals surface area contributed by atoms with Crippen molar-refractivity contribution < 1.29 is 9.59 Å². The van der Waals surface area contributed by atoms with Crippen molar-refractivity contribution in [3.05, 3.63) is 52.0 Å². The number of hydrogen-bond donors (Lipinski definition) is 2. The van der Waals surface area contributed by atoms with Crippen molar-refractivity contribution in [3.63, 3.8) is 0 Å². The van der Waals surface area contributed by atoms with E-state index in [1.165, 1.54) is 0 Å². The number of nitrogens with zero attached hydrogens (tertiary/aromatic N) is 2. The predicted octanol–water partition coefficient (Wildman–Crippen LogP) is 2.44. The van der Waals surface area contributed by atoms with E-state index in [-0.39, 0.29) is 11.9 Å². The molecule has 6 nitrogen and oxygen atoms in total. The summed E-state index contributed by atoms with van der Waals surface area (Å²) in [5, 5.41) is 8.71. The Kier molecular flexibility index (Phi) is 5.65. The third-order valence-electron chi connectivity index (χ3n) is 4.21. The molecule has 1 fully saturated rings. The van der Waals surface area contributed by atoms with E-state index >= 15 is 0 Å². The highest BCUT2D eigenvalue weighted by molar-refractivity contribution is 7.09. The van der Waals surface area contributed by atoms with Crippen LogP contribution in [0.5, 0.6) is 0 Å². The first-order valence-electron chi connectivity index (χ1n) is 8.40. The largest absolute Gasteiger partial charge is 0.349 e. The van der Waals surface area contributed by atoms with Crippen LogP contribution in [0.4, 0.5) is 4.79 Å². The van der Waals surface area contributed by atoms with E-state index in [0.717, 1.165) is 22.7 Å². The Morgan fingerprint density at radius 2 is 2.04 bits per heavy atom. The van der Waals surface area contributed by atoms with Gasteiger partial charge >= 0.3 is 6.03 Å². The van der Waals surface area contributed by atoms with Crippen LogP contribution in [0, 0.1) is 6.92 Å². The van der Waals surface area contributed by atoms with Crippen LogP contribution in [0.25, 0.3) is 0 Å². The van der Waals surface area contributed by atoms with Gasteiger partial charge in [-0.3, -0.25) is 4.79 Å². The molecule has 1 aliphatic rings. The minimum absolute atomic E-state index is 0.113. The molecule has 3 rings (SSSR count). The maximum atomic E-state index is 12.5.